The van der Waals surface area contributed by atoms with Crippen LogP contribution >= 0.6 is 0 Å². The Morgan fingerprint density at radius 1 is 1.22 bits per heavy atom. The van der Waals surface area contributed by atoms with Gasteiger partial charge in [-0.2, -0.15) is 13.2 Å². The molecule has 0 bridgehead atoms. The minimum atomic E-state index is -4.37. The van der Waals surface area contributed by atoms with Gasteiger partial charge in [-0.1, -0.05) is 31.9 Å². The minimum Gasteiger partial charge on any atom is -0.323 e. The smallest absolute Gasteiger partial charge is 0.323 e. The Bertz CT molecular complexity index is 720. The van der Waals surface area contributed by atoms with E-state index in [4.69, 9.17) is 0 Å². The van der Waals surface area contributed by atoms with E-state index in [0.29, 0.717) is 18.5 Å². The number of hydrogen-bond acceptors (Lipinski definition) is 3. The van der Waals surface area contributed by atoms with Crippen molar-refractivity contribution in [3.63, 3.8) is 0 Å². The molecular weight excluding hydrogens is 359 g/mol. The molecule has 0 unspecified atom stereocenters. The predicted octanol–water partition coefficient (Wildman–Crippen LogP) is 3.60. The predicted molar refractivity (Wildman–Crippen MR) is 93.5 cm³/mol. The molecule has 1 aromatic carbocycles. The van der Waals surface area contributed by atoms with Gasteiger partial charge in [0.05, 0.1) is 12.2 Å². The normalized spacial score (nSPS) is 26.1. The van der Waals surface area contributed by atoms with E-state index in [1.807, 2.05) is 6.92 Å². The molecule has 5 nitrogen and oxygen atoms in total. The Hall–Kier alpha value is -2.09. The molecule has 1 aliphatic carbocycles. The van der Waals surface area contributed by atoms with Crippen LogP contribution in [0.3, 0.4) is 0 Å². The van der Waals surface area contributed by atoms with Crippen molar-refractivity contribution in [2.45, 2.75) is 50.9 Å². The summed E-state index contributed by atoms with van der Waals surface area (Å²) in [6.07, 6.45) is -0.847. The molecule has 1 aromatic rings. The lowest BCUT2D eigenvalue weighted by molar-refractivity contribution is -0.138. The van der Waals surface area contributed by atoms with Crippen molar-refractivity contribution in [2.75, 3.05) is 13.7 Å². The summed E-state index contributed by atoms with van der Waals surface area (Å²) in [5, 5.41) is 2.90. The largest absolute Gasteiger partial charge is 0.416 e. The van der Waals surface area contributed by atoms with E-state index in [9.17, 15) is 22.8 Å². The molecule has 1 saturated carbocycles. The summed E-state index contributed by atoms with van der Waals surface area (Å²) in [6.45, 7) is 2.42. The maximum Gasteiger partial charge on any atom is 0.416 e. The van der Waals surface area contributed by atoms with Crippen molar-refractivity contribution in [1.29, 1.82) is 0 Å². The van der Waals surface area contributed by atoms with Gasteiger partial charge in [-0.25, -0.2) is 9.69 Å². The highest BCUT2D eigenvalue weighted by molar-refractivity contribution is 6.07. The molecule has 3 rings (SSSR count). The molecule has 1 heterocycles. The van der Waals surface area contributed by atoms with E-state index in [1.165, 1.54) is 17.0 Å². The van der Waals surface area contributed by atoms with Crippen LogP contribution in [0.5, 0.6) is 0 Å². The van der Waals surface area contributed by atoms with Crippen LogP contribution < -0.4 is 5.32 Å². The summed E-state index contributed by atoms with van der Waals surface area (Å²) in [4.78, 5) is 28.3. The monoisotopic (exact) mass is 383 g/mol. The SMILES string of the molecule is C[C@@H]1CCCC[C@@]12NC(=O)N(CN(C)Cc1ccc(C(F)(F)F)cc1)C2=O. The van der Waals surface area contributed by atoms with Crippen molar-refractivity contribution in [2.24, 2.45) is 5.92 Å². The third-order valence-electron chi connectivity index (χ3n) is 5.62. The molecule has 1 spiro atoms. The van der Waals surface area contributed by atoms with E-state index in [2.05, 4.69) is 5.32 Å². The molecule has 27 heavy (non-hydrogen) atoms. The van der Waals surface area contributed by atoms with Gasteiger partial charge in [0.1, 0.15) is 5.54 Å². The van der Waals surface area contributed by atoms with Gasteiger partial charge in [-0.3, -0.25) is 9.69 Å². The second-order valence-electron chi connectivity index (χ2n) is 7.63. The third kappa shape index (κ3) is 3.81. The minimum absolute atomic E-state index is 0.0907. The van der Waals surface area contributed by atoms with E-state index >= 15 is 0 Å². The fourth-order valence-electron chi connectivity index (χ4n) is 4.03. The number of rotatable bonds is 4. The highest BCUT2D eigenvalue weighted by atomic mass is 19.4. The molecule has 148 valence electrons. The number of nitrogens with zero attached hydrogens (tertiary/aromatic N) is 2. The molecule has 8 heteroatoms. The van der Waals surface area contributed by atoms with Crippen LogP contribution in [0.25, 0.3) is 0 Å². The lowest BCUT2D eigenvalue weighted by atomic mass is 9.73. The van der Waals surface area contributed by atoms with Crippen LogP contribution in [0.2, 0.25) is 0 Å². The number of nitrogens with one attached hydrogen (secondary N) is 1. The van der Waals surface area contributed by atoms with Crippen LogP contribution in [0, 0.1) is 5.92 Å². The molecule has 0 radical (unpaired) electrons. The quantitative estimate of drug-likeness (QED) is 0.809. The number of benzene rings is 1. The number of urea groups is 1. The summed E-state index contributed by atoms with van der Waals surface area (Å²) in [7, 11) is 1.73. The molecule has 2 atom stereocenters. The maximum absolute atomic E-state index is 12.9. The third-order valence-corrected chi connectivity index (χ3v) is 5.62. The van der Waals surface area contributed by atoms with Gasteiger partial charge in [-0.15, -0.1) is 0 Å². The molecule has 3 amide bonds. The van der Waals surface area contributed by atoms with Gasteiger partial charge < -0.3 is 5.32 Å². The average molecular weight is 383 g/mol. The van der Waals surface area contributed by atoms with Crippen LogP contribution in [0.1, 0.15) is 43.7 Å². The second kappa shape index (κ2) is 7.14. The van der Waals surface area contributed by atoms with Crippen LogP contribution in [-0.2, 0) is 17.5 Å². The van der Waals surface area contributed by atoms with Crippen molar-refractivity contribution in [3.05, 3.63) is 35.4 Å². The van der Waals surface area contributed by atoms with Crippen molar-refractivity contribution >= 4 is 11.9 Å². The number of carbonyl (C=O) groups is 2. The zero-order valence-electron chi connectivity index (χ0n) is 15.5. The standard InChI is InChI=1S/C19H24F3N3O2/c1-13-5-3-4-10-18(13)16(26)25(17(27)23-18)12-24(2)11-14-6-8-15(9-7-14)19(20,21)22/h6-9,13H,3-5,10-12H2,1-2H3,(H,23,27)/t13-,18-/m1/s1. The summed E-state index contributed by atoms with van der Waals surface area (Å²) in [6, 6.07) is 4.50. The lowest BCUT2D eigenvalue weighted by Crippen LogP contribution is -2.54. The van der Waals surface area contributed by atoms with E-state index in [1.54, 1.807) is 11.9 Å². The fraction of sp³-hybridized carbons (Fsp3) is 0.579. The molecule has 2 fully saturated rings. The molecular formula is C19H24F3N3O2. The first kappa shape index (κ1) is 19.7. The molecule has 0 aromatic heterocycles. The molecule has 1 aliphatic heterocycles. The summed E-state index contributed by atoms with van der Waals surface area (Å²) in [5.74, 6) is -0.105. The highest BCUT2D eigenvalue weighted by Gasteiger charge is 2.54. The number of alkyl halides is 3. The topological polar surface area (TPSA) is 52.7 Å². The number of hydrogen-bond donors (Lipinski definition) is 1. The maximum atomic E-state index is 12.9. The zero-order valence-corrected chi connectivity index (χ0v) is 15.5. The Kier molecular flexibility index (Phi) is 5.20. The van der Waals surface area contributed by atoms with Crippen molar-refractivity contribution in [1.82, 2.24) is 15.1 Å². The van der Waals surface area contributed by atoms with Gasteiger partial charge in [-0.05, 0) is 43.5 Å². The van der Waals surface area contributed by atoms with Crippen LogP contribution in [0.4, 0.5) is 18.0 Å². The summed E-state index contributed by atoms with van der Waals surface area (Å²) >= 11 is 0. The number of carbonyl (C=O) groups excluding carboxylic acids is 2. The van der Waals surface area contributed by atoms with Gasteiger partial charge in [0.15, 0.2) is 0 Å². The Morgan fingerprint density at radius 3 is 2.48 bits per heavy atom. The van der Waals surface area contributed by atoms with Gasteiger partial charge in [0.2, 0.25) is 0 Å². The first-order valence-corrected chi connectivity index (χ1v) is 9.12. The van der Waals surface area contributed by atoms with E-state index in [-0.39, 0.29) is 18.5 Å². The van der Waals surface area contributed by atoms with Gasteiger partial charge >= 0.3 is 12.2 Å². The Balaban J connectivity index is 1.64. The highest BCUT2D eigenvalue weighted by Crippen LogP contribution is 2.38. The van der Waals surface area contributed by atoms with Gasteiger partial charge in [0.25, 0.3) is 5.91 Å². The average Bonchev–Trinajstić information content (AvgIpc) is 2.82. The van der Waals surface area contributed by atoms with E-state index in [0.717, 1.165) is 31.4 Å². The number of halogens is 3. The Morgan fingerprint density at radius 2 is 1.89 bits per heavy atom. The number of imide groups is 1. The Labute approximate surface area is 156 Å². The van der Waals surface area contributed by atoms with Crippen molar-refractivity contribution in [3.8, 4) is 0 Å². The van der Waals surface area contributed by atoms with Crippen LogP contribution in [-0.4, -0.2) is 41.0 Å². The number of amides is 3. The molecule has 1 N–H and O–H groups in total. The van der Waals surface area contributed by atoms with Crippen LogP contribution in [0.15, 0.2) is 24.3 Å². The second-order valence-corrected chi connectivity index (χ2v) is 7.63. The van der Waals surface area contributed by atoms with Gasteiger partial charge in [0, 0.05) is 6.54 Å². The molecule has 1 saturated heterocycles. The first-order valence-electron chi connectivity index (χ1n) is 9.12. The van der Waals surface area contributed by atoms with Crippen molar-refractivity contribution < 1.29 is 22.8 Å². The fourth-order valence-corrected chi connectivity index (χ4v) is 4.03. The first-order chi connectivity index (χ1) is 12.6. The lowest BCUT2D eigenvalue weighted by Gasteiger charge is -2.37. The summed E-state index contributed by atoms with van der Waals surface area (Å²) in [5.41, 5.74) is -0.820. The van der Waals surface area contributed by atoms with E-state index < -0.39 is 23.3 Å². The molecule has 2 aliphatic rings. The zero-order chi connectivity index (χ0) is 19.8. The summed E-state index contributed by atoms with van der Waals surface area (Å²) < 4.78 is 37.9.